The first-order valence-corrected chi connectivity index (χ1v) is 7.01. The second-order valence-corrected chi connectivity index (χ2v) is 6.34. The molecule has 0 N–H and O–H groups in total. The molecule has 0 spiro atoms. The molecular formula is C15H30. The van der Waals surface area contributed by atoms with Crippen LogP contribution >= 0.6 is 0 Å². The Hall–Kier alpha value is 0. The molecule has 15 heavy (non-hydrogen) atoms. The molecule has 0 heteroatoms. The minimum absolute atomic E-state index is 0.543. The summed E-state index contributed by atoms with van der Waals surface area (Å²) in [6, 6.07) is 0. The lowest BCUT2D eigenvalue weighted by Crippen LogP contribution is -2.24. The first-order valence-electron chi connectivity index (χ1n) is 7.01. The van der Waals surface area contributed by atoms with Gasteiger partial charge in [-0.2, -0.15) is 0 Å². The highest BCUT2D eigenvalue weighted by Gasteiger charge is 2.31. The zero-order chi connectivity index (χ0) is 11.5. The van der Waals surface area contributed by atoms with Crippen LogP contribution in [0.1, 0.15) is 73.1 Å². The third-order valence-corrected chi connectivity index (χ3v) is 5.24. The highest BCUT2D eigenvalue weighted by atomic mass is 14.4. The number of rotatable bonds is 5. The van der Waals surface area contributed by atoms with E-state index < -0.39 is 0 Å². The van der Waals surface area contributed by atoms with Gasteiger partial charge in [0.25, 0.3) is 0 Å². The van der Waals surface area contributed by atoms with Gasteiger partial charge >= 0.3 is 0 Å². The van der Waals surface area contributed by atoms with Crippen molar-refractivity contribution in [3.05, 3.63) is 0 Å². The van der Waals surface area contributed by atoms with E-state index in [1.807, 2.05) is 0 Å². The van der Waals surface area contributed by atoms with Crippen LogP contribution in [0, 0.1) is 23.2 Å². The molecule has 90 valence electrons. The molecular weight excluding hydrogens is 180 g/mol. The van der Waals surface area contributed by atoms with E-state index in [0.717, 1.165) is 17.8 Å². The highest BCUT2D eigenvalue weighted by Crippen LogP contribution is 2.42. The molecule has 1 saturated carbocycles. The Morgan fingerprint density at radius 2 is 1.73 bits per heavy atom. The first-order chi connectivity index (χ1) is 7.01. The molecule has 3 atom stereocenters. The van der Waals surface area contributed by atoms with Crippen LogP contribution in [0.2, 0.25) is 0 Å². The minimum atomic E-state index is 0.543. The van der Waals surface area contributed by atoms with Gasteiger partial charge in [0.15, 0.2) is 0 Å². The standard InChI is InChI=1S/C15H30/c1-6-13-9-8-10-14(13)11-12(3)15(4,5)7-2/h12-14H,6-11H2,1-5H3. The van der Waals surface area contributed by atoms with Crippen LogP contribution in [-0.4, -0.2) is 0 Å². The molecule has 0 nitrogen and oxygen atoms in total. The van der Waals surface area contributed by atoms with Crippen molar-refractivity contribution >= 4 is 0 Å². The van der Waals surface area contributed by atoms with Crippen molar-refractivity contribution in [3.8, 4) is 0 Å². The molecule has 0 bridgehead atoms. The predicted octanol–water partition coefficient (Wildman–Crippen LogP) is 5.28. The zero-order valence-electron chi connectivity index (χ0n) is 11.5. The number of hydrogen-bond acceptors (Lipinski definition) is 0. The normalized spacial score (nSPS) is 29.4. The lowest BCUT2D eigenvalue weighted by molar-refractivity contribution is 0.167. The van der Waals surface area contributed by atoms with Gasteiger partial charge in [-0.25, -0.2) is 0 Å². The average Bonchev–Trinajstić information content (AvgIpc) is 2.65. The van der Waals surface area contributed by atoms with Crippen LogP contribution in [0.4, 0.5) is 0 Å². The second-order valence-electron chi connectivity index (χ2n) is 6.34. The van der Waals surface area contributed by atoms with Gasteiger partial charge in [-0.1, -0.05) is 66.7 Å². The van der Waals surface area contributed by atoms with E-state index in [2.05, 4.69) is 34.6 Å². The Balaban J connectivity index is 2.47. The summed E-state index contributed by atoms with van der Waals surface area (Å²) in [4.78, 5) is 0. The molecule has 3 unspecified atom stereocenters. The maximum Gasteiger partial charge on any atom is -0.0331 e. The maximum atomic E-state index is 2.47. The van der Waals surface area contributed by atoms with Crippen molar-refractivity contribution in [1.82, 2.24) is 0 Å². The lowest BCUT2D eigenvalue weighted by atomic mass is 9.72. The summed E-state index contributed by atoms with van der Waals surface area (Å²) < 4.78 is 0. The van der Waals surface area contributed by atoms with Crippen LogP contribution < -0.4 is 0 Å². The predicted molar refractivity (Wildman–Crippen MR) is 69.0 cm³/mol. The Kier molecular flexibility index (Phi) is 4.67. The molecule has 0 aromatic rings. The summed E-state index contributed by atoms with van der Waals surface area (Å²) >= 11 is 0. The topological polar surface area (TPSA) is 0 Å². The van der Waals surface area contributed by atoms with E-state index in [1.54, 1.807) is 0 Å². The van der Waals surface area contributed by atoms with Gasteiger partial charge < -0.3 is 0 Å². The van der Waals surface area contributed by atoms with Crippen molar-refractivity contribution in [3.63, 3.8) is 0 Å². The second kappa shape index (κ2) is 5.37. The van der Waals surface area contributed by atoms with E-state index in [1.165, 1.54) is 38.5 Å². The third-order valence-electron chi connectivity index (χ3n) is 5.24. The summed E-state index contributed by atoms with van der Waals surface area (Å²) in [5, 5.41) is 0. The van der Waals surface area contributed by atoms with E-state index in [-0.39, 0.29) is 0 Å². The Labute approximate surface area is 96.8 Å². The molecule has 1 aliphatic rings. The van der Waals surface area contributed by atoms with E-state index in [0.29, 0.717) is 5.41 Å². The Bertz CT molecular complexity index is 180. The van der Waals surface area contributed by atoms with Crippen molar-refractivity contribution < 1.29 is 0 Å². The van der Waals surface area contributed by atoms with Crippen molar-refractivity contribution in [2.24, 2.45) is 23.2 Å². The first kappa shape index (κ1) is 13.1. The molecule has 1 rings (SSSR count). The van der Waals surface area contributed by atoms with Crippen molar-refractivity contribution in [2.75, 3.05) is 0 Å². The molecule has 0 aromatic carbocycles. The van der Waals surface area contributed by atoms with Crippen molar-refractivity contribution in [1.29, 1.82) is 0 Å². The van der Waals surface area contributed by atoms with Gasteiger partial charge in [-0.3, -0.25) is 0 Å². The SMILES string of the molecule is CCC1CCCC1CC(C)C(C)(C)CC. The molecule has 1 aliphatic carbocycles. The summed E-state index contributed by atoms with van der Waals surface area (Å²) in [6.45, 7) is 12.1. The van der Waals surface area contributed by atoms with Gasteiger partial charge in [-0.15, -0.1) is 0 Å². The molecule has 0 heterocycles. The Morgan fingerprint density at radius 1 is 1.13 bits per heavy atom. The van der Waals surface area contributed by atoms with E-state index >= 15 is 0 Å². The molecule has 0 amide bonds. The van der Waals surface area contributed by atoms with Crippen LogP contribution in [-0.2, 0) is 0 Å². The fourth-order valence-electron chi connectivity index (χ4n) is 3.08. The van der Waals surface area contributed by atoms with Gasteiger partial charge in [0.1, 0.15) is 0 Å². The van der Waals surface area contributed by atoms with Crippen LogP contribution in [0.3, 0.4) is 0 Å². The molecule has 0 aromatic heterocycles. The van der Waals surface area contributed by atoms with Crippen molar-refractivity contribution in [2.45, 2.75) is 73.1 Å². The van der Waals surface area contributed by atoms with Crippen LogP contribution in [0.5, 0.6) is 0 Å². The van der Waals surface area contributed by atoms with E-state index in [9.17, 15) is 0 Å². The molecule has 1 fully saturated rings. The monoisotopic (exact) mass is 210 g/mol. The zero-order valence-corrected chi connectivity index (χ0v) is 11.5. The summed E-state index contributed by atoms with van der Waals surface area (Å²) in [5.41, 5.74) is 0.543. The lowest BCUT2D eigenvalue weighted by Gasteiger charge is -2.34. The minimum Gasteiger partial charge on any atom is -0.0651 e. The fourth-order valence-corrected chi connectivity index (χ4v) is 3.08. The summed E-state index contributed by atoms with van der Waals surface area (Å²) in [6.07, 6.45) is 8.69. The summed E-state index contributed by atoms with van der Waals surface area (Å²) in [7, 11) is 0. The van der Waals surface area contributed by atoms with Gasteiger partial charge in [0.05, 0.1) is 0 Å². The van der Waals surface area contributed by atoms with Crippen LogP contribution in [0.15, 0.2) is 0 Å². The molecule has 0 aliphatic heterocycles. The molecule has 0 saturated heterocycles. The smallest absolute Gasteiger partial charge is 0.0331 e. The van der Waals surface area contributed by atoms with E-state index in [4.69, 9.17) is 0 Å². The average molecular weight is 210 g/mol. The van der Waals surface area contributed by atoms with Gasteiger partial charge in [0.2, 0.25) is 0 Å². The fraction of sp³-hybridized carbons (Fsp3) is 1.00. The maximum absolute atomic E-state index is 2.47. The van der Waals surface area contributed by atoms with Gasteiger partial charge in [0, 0.05) is 0 Å². The third kappa shape index (κ3) is 3.23. The summed E-state index contributed by atoms with van der Waals surface area (Å²) in [5.74, 6) is 2.97. The largest absolute Gasteiger partial charge is 0.0651 e. The number of hydrogen-bond donors (Lipinski definition) is 0. The quantitative estimate of drug-likeness (QED) is 0.579. The molecule has 0 radical (unpaired) electrons. The van der Waals surface area contributed by atoms with Crippen LogP contribution in [0.25, 0.3) is 0 Å². The Morgan fingerprint density at radius 3 is 2.27 bits per heavy atom. The highest BCUT2D eigenvalue weighted by molar-refractivity contribution is 4.82. The van der Waals surface area contributed by atoms with Gasteiger partial charge in [-0.05, 0) is 29.6 Å².